The maximum atomic E-state index is 15.3. The number of carboxylic acids is 1. The van der Waals surface area contributed by atoms with Gasteiger partial charge in [-0.15, -0.1) is 11.6 Å². The molecule has 162 valence electrons. The number of benzene rings is 1. The Bertz CT molecular complexity index is 1040. The van der Waals surface area contributed by atoms with Gasteiger partial charge in [0, 0.05) is 30.7 Å². The molecule has 4 rings (SSSR count). The van der Waals surface area contributed by atoms with Crippen LogP contribution in [0.2, 0.25) is 0 Å². The first kappa shape index (κ1) is 21.0. The van der Waals surface area contributed by atoms with Crippen LogP contribution in [0.4, 0.5) is 10.1 Å². The third kappa shape index (κ3) is 3.75. The van der Waals surface area contributed by atoms with E-state index in [1.54, 1.807) is 4.57 Å². The molecule has 1 N–H and O–H groups in total. The molecule has 1 saturated carbocycles. The molecule has 0 spiro atoms. The highest BCUT2D eigenvalue weighted by Gasteiger charge is 2.32. The number of aromatic carboxylic acids is 1. The normalized spacial score (nSPS) is 18.6. The summed E-state index contributed by atoms with van der Waals surface area (Å²) in [5.41, 5.74) is -0.213. The average molecular weight is 437 g/mol. The largest absolute Gasteiger partial charge is 0.492 e. The van der Waals surface area contributed by atoms with E-state index < -0.39 is 17.2 Å². The highest BCUT2D eigenvalue weighted by molar-refractivity contribution is 6.20. The molecule has 2 aliphatic rings. The first-order valence-electron chi connectivity index (χ1n) is 10.4. The van der Waals surface area contributed by atoms with E-state index in [0.29, 0.717) is 36.0 Å². The average Bonchev–Trinajstić information content (AvgIpc) is 3.53. The Hall–Kier alpha value is -2.28. The first-order valence-corrected chi connectivity index (χ1v) is 10.8. The van der Waals surface area contributed by atoms with E-state index in [2.05, 4.69) is 0 Å². The zero-order valence-electron chi connectivity index (χ0n) is 17.2. The highest BCUT2D eigenvalue weighted by Crippen LogP contribution is 2.44. The molecule has 1 saturated heterocycles. The summed E-state index contributed by atoms with van der Waals surface area (Å²) >= 11 is 6.14. The topological polar surface area (TPSA) is 71.8 Å². The van der Waals surface area contributed by atoms with Crippen LogP contribution < -0.4 is 15.1 Å². The van der Waals surface area contributed by atoms with E-state index in [-0.39, 0.29) is 22.4 Å². The predicted octanol–water partition coefficient (Wildman–Crippen LogP) is 4.42. The SMILES string of the molecule is COc1c(N2CCC(CC(C)Cl)CC2)c(F)cc2c(=O)c(C(=O)O)cn(C3CC3)c12. The summed E-state index contributed by atoms with van der Waals surface area (Å²) in [6, 6.07) is 1.27. The van der Waals surface area contributed by atoms with Crippen LogP contribution in [-0.4, -0.2) is 41.2 Å². The maximum absolute atomic E-state index is 15.3. The van der Waals surface area contributed by atoms with Crippen molar-refractivity contribution in [1.29, 1.82) is 0 Å². The van der Waals surface area contributed by atoms with Crippen molar-refractivity contribution in [3.63, 3.8) is 0 Å². The lowest BCUT2D eigenvalue weighted by Crippen LogP contribution is -2.35. The van der Waals surface area contributed by atoms with Gasteiger partial charge in [0.15, 0.2) is 11.6 Å². The van der Waals surface area contributed by atoms with Crippen molar-refractivity contribution in [2.24, 2.45) is 5.92 Å². The number of aromatic nitrogens is 1. The molecule has 2 aromatic rings. The number of nitrogens with zero attached hydrogens (tertiary/aromatic N) is 2. The fourth-order valence-corrected chi connectivity index (χ4v) is 4.83. The molecule has 1 aromatic carbocycles. The summed E-state index contributed by atoms with van der Waals surface area (Å²) in [5.74, 6) is -1.07. The highest BCUT2D eigenvalue weighted by atomic mass is 35.5. The number of fused-ring (bicyclic) bond motifs is 1. The molecular weight excluding hydrogens is 411 g/mol. The van der Waals surface area contributed by atoms with Crippen LogP contribution in [0.1, 0.15) is 55.4 Å². The van der Waals surface area contributed by atoms with Gasteiger partial charge in [0.25, 0.3) is 0 Å². The van der Waals surface area contributed by atoms with Crippen molar-refractivity contribution in [2.75, 3.05) is 25.1 Å². The molecule has 1 aliphatic heterocycles. The number of ether oxygens (including phenoxy) is 1. The second kappa shape index (κ2) is 8.10. The molecule has 2 fully saturated rings. The summed E-state index contributed by atoms with van der Waals surface area (Å²) in [7, 11) is 1.46. The Labute approximate surface area is 179 Å². The van der Waals surface area contributed by atoms with Crippen LogP contribution in [0.3, 0.4) is 0 Å². The van der Waals surface area contributed by atoms with Gasteiger partial charge in [-0.2, -0.15) is 0 Å². The van der Waals surface area contributed by atoms with Gasteiger partial charge < -0.3 is 19.3 Å². The molecule has 0 amide bonds. The lowest BCUT2D eigenvalue weighted by molar-refractivity contribution is 0.0695. The van der Waals surface area contributed by atoms with Crippen LogP contribution in [0.5, 0.6) is 5.75 Å². The summed E-state index contributed by atoms with van der Waals surface area (Å²) < 4.78 is 22.7. The smallest absolute Gasteiger partial charge is 0.341 e. The number of carboxylic acid groups (broad SMARTS) is 1. The lowest BCUT2D eigenvalue weighted by atomic mass is 9.92. The third-order valence-electron chi connectivity index (χ3n) is 6.16. The Kier molecular flexibility index (Phi) is 5.66. The number of pyridine rings is 1. The summed E-state index contributed by atoms with van der Waals surface area (Å²) in [5, 5.41) is 9.60. The van der Waals surface area contributed by atoms with Crippen molar-refractivity contribution in [3.05, 3.63) is 33.9 Å². The minimum Gasteiger partial charge on any atom is -0.492 e. The minimum absolute atomic E-state index is 0.0470. The van der Waals surface area contributed by atoms with Gasteiger partial charge >= 0.3 is 5.97 Å². The second-order valence-corrected chi connectivity index (χ2v) is 9.14. The summed E-state index contributed by atoms with van der Waals surface area (Å²) in [6.07, 6.45) is 5.90. The van der Waals surface area contributed by atoms with E-state index in [9.17, 15) is 14.7 Å². The van der Waals surface area contributed by atoms with Crippen LogP contribution in [0, 0.1) is 11.7 Å². The van der Waals surface area contributed by atoms with Crippen molar-refractivity contribution in [1.82, 2.24) is 4.57 Å². The van der Waals surface area contributed by atoms with E-state index in [4.69, 9.17) is 16.3 Å². The molecule has 30 heavy (non-hydrogen) atoms. The number of piperidine rings is 1. The quantitative estimate of drug-likeness (QED) is 0.679. The fourth-order valence-electron chi connectivity index (χ4n) is 4.58. The van der Waals surface area contributed by atoms with Crippen molar-refractivity contribution in [3.8, 4) is 5.75 Å². The maximum Gasteiger partial charge on any atom is 0.341 e. The number of hydrogen-bond donors (Lipinski definition) is 1. The molecule has 2 heterocycles. The minimum atomic E-state index is -1.31. The molecule has 6 nitrogen and oxygen atoms in total. The van der Waals surface area contributed by atoms with Gasteiger partial charge in [0.2, 0.25) is 5.43 Å². The second-order valence-electron chi connectivity index (χ2n) is 8.40. The van der Waals surface area contributed by atoms with Gasteiger partial charge in [-0.25, -0.2) is 9.18 Å². The third-order valence-corrected chi connectivity index (χ3v) is 6.34. The molecule has 0 bridgehead atoms. The van der Waals surface area contributed by atoms with E-state index in [1.165, 1.54) is 19.4 Å². The number of carbonyl (C=O) groups is 1. The van der Waals surface area contributed by atoms with Gasteiger partial charge in [0.1, 0.15) is 11.3 Å². The van der Waals surface area contributed by atoms with Gasteiger partial charge in [-0.1, -0.05) is 0 Å². The van der Waals surface area contributed by atoms with Gasteiger partial charge in [-0.3, -0.25) is 4.79 Å². The Morgan fingerprint density at radius 1 is 1.33 bits per heavy atom. The van der Waals surface area contributed by atoms with Gasteiger partial charge in [0.05, 0.1) is 18.0 Å². The lowest BCUT2D eigenvalue weighted by Gasteiger charge is -2.35. The number of anilines is 1. The molecule has 0 radical (unpaired) electrons. The Morgan fingerprint density at radius 3 is 2.53 bits per heavy atom. The Morgan fingerprint density at radius 2 is 2.00 bits per heavy atom. The summed E-state index contributed by atoms with van der Waals surface area (Å²) in [4.78, 5) is 26.3. The molecule has 1 atom stereocenters. The molecule has 1 unspecified atom stereocenters. The van der Waals surface area contributed by atoms with E-state index in [0.717, 1.165) is 32.1 Å². The molecular formula is C22H26ClFN2O4. The monoisotopic (exact) mass is 436 g/mol. The number of hydrogen-bond acceptors (Lipinski definition) is 4. The number of methoxy groups -OCH3 is 1. The fraction of sp³-hybridized carbons (Fsp3) is 0.545. The van der Waals surface area contributed by atoms with Crippen LogP contribution in [0.25, 0.3) is 10.9 Å². The van der Waals surface area contributed by atoms with Crippen LogP contribution in [-0.2, 0) is 0 Å². The van der Waals surface area contributed by atoms with Crippen LogP contribution in [0.15, 0.2) is 17.1 Å². The zero-order chi connectivity index (χ0) is 21.6. The molecule has 1 aliphatic carbocycles. The number of alkyl halides is 1. The van der Waals surface area contributed by atoms with Gasteiger partial charge in [-0.05, 0) is 51.0 Å². The van der Waals surface area contributed by atoms with E-state index >= 15 is 4.39 Å². The number of halogens is 2. The summed E-state index contributed by atoms with van der Waals surface area (Å²) in [6.45, 7) is 3.34. The Balaban J connectivity index is 1.83. The van der Waals surface area contributed by atoms with Crippen molar-refractivity contribution in [2.45, 2.75) is 50.4 Å². The van der Waals surface area contributed by atoms with Crippen LogP contribution >= 0.6 is 11.6 Å². The molecule has 1 aromatic heterocycles. The van der Waals surface area contributed by atoms with Crippen molar-refractivity contribution >= 4 is 34.2 Å². The standard InChI is InChI=1S/C22H26ClFN2O4/c1-12(23)9-13-5-7-25(8-6-13)19-17(24)10-15-18(21(19)30-2)26(14-3-4-14)11-16(20(15)27)22(28)29/h10-14H,3-9H2,1-2H3,(H,28,29). The molecule has 8 heteroatoms. The predicted molar refractivity (Wildman–Crippen MR) is 115 cm³/mol. The first-order chi connectivity index (χ1) is 14.3. The zero-order valence-corrected chi connectivity index (χ0v) is 17.9. The van der Waals surface area contributed by atoms with E-state index in [1.807, 2.05) is 11.8 Å². The van der Waals surface area contributed by atoms with Crippen molar-refractivity contribution < 1.29 is 19.0 Å². The number of rotatable bonds is 6.